The number of anilines is 1. The third-order valence-electron chi connectivity index (χ3n) is 5.07. The zero-order valence-corrected chi connectivity index (χ0v) is 18.9. The van der Waals surface area contributed by atoms with E-state index < -0.39 is 6.04 Å². The van der Waals surface area contributed by atoms with Gasteiger partial charge < -0.3 is 10.1 Å². The number of para-hydroxylation sites is 1. The molecule has 160 valence electrons. The molecular formula is C24H30N2O3S. The average molecular weight is 427 g/mol. The van der Waals surface area contributed by atoms with Gasteiger partial charge in [-0.2, -0.15) is 0 Å². The van der Waals surface area contributed by atoms with E-state index in [-0.39, 0.29) is 16.6 Å². The van der Waals surface area contributed by atoms with Crippen LogP contribution >= 0.6 is 11.8 Å². The van der Waals surface area contributed by atoms with Crippen molar-refractivity contribution in [2.24, 2.45) is 0 Å². The predicted molar refractivity (Wildman–Crippen MR) is 122 cm³/mol. The summed E-state index contributed by atoms with van der Waals surface area (Å²) in [7, 11) is 0. The molecule has 5 nitrogen and oxygen atoms in total. The SMILES string of the molecule is CCOc1ccc(CCNC(=O)[C@@H](C)N2C(=O)CC(C)(C)Sc3ccccc32)cc1. The first-order chi connectivity index (χ1) is 14.3. The highest BCUT2D eigenvalue weighted by Gasteiger charge is 2.36. The molecule has 1 aliphatic rings. The maximum Gasteiger partial charge on any atom is 0.242 e. The zero-order chi connectivity index (χ0) is 21.7. The maximum absolute atomic E-state index is 13.0. The number of nitrogens with one attached hydrogen (secondary N) is 1. The molecule has 1 atom stereocenters. The molecule has 1 N–H and O–H groups in total. The van der Waals surface area contributed by atoms with Crippen molar-refractivity contribution >= 4 is 29.3 Å². The topological polar surface area (TPSA) is 58.6 Å². The molecule has 2 amide bonds. The predicted octanol–water partition coefficient (Wildman–Crippen LogP) is 4.44. The van der Waals surface area contributed by atoms with E-state index in [2.05, 4.69) is 19.2 Å². The number of carbonyl (C=O) groups is 2. The van der Waals surface area contributed by atoms with Crippen molar-refractivity contribution in [3.8, 4) is 5.75 Å². The second-order valence-electron chi connectivity index (χ2n) is 8.06. The number of benzene rings is 2. The largest absolute Gasteiger partial charge is 0.494 e. The second kappa shape index (κ2) is 9.56. The first-order valence-corrected chi connectivity index (χ1v) is 11.2. The highest BCUT2D eigenvalue weighted by Crippen LogP contribution is 2.44. The van der Waals surface area contributed by atoms with Crippen LogP contribution < -0.4 is 15.0 Å². The van der Waals surface area contributed by atoms with Crippen LogP contribution in [-0.4, -0.2) is 35.8 Å². The smallest absolute Gasteiger partial charge is 0.242 e. The maximum atomic E-state index is 13.0. The molecule has 3 rings (SSSR count). The Hall–Kier alpha value is -2.47. The van der Waals surface area contributed by atoms with E-state index in [9.17, 15) is 9.59 Å². The summed E-state index contributed by atoms with van der Waals surface area (Å²) < 4.78 is 5.24. The first kappa shape index (κ1) is 22.2. The van der Waals surface area contributed by atoms with E-state index in [0.29, 0.717) is 19.6 Å². The van der Waals surface area contributed by atoms with E-state index in [0.717, 1.165) is 28.3 Å². The van der Waals surface area contributed by atoms with Gasteiger partial charge in [-0.25, -0.2) is 0 Å². The van der Waals surface area contributed by atoms with Crippen LogP contribution in [-0.2, 0) is 16.0 Å². The monoisotopic (exact) mass is 426 g/mol. The van der Waals surface area contributed by atoms with Crippen LogP contribution in [0.5, 0.6) is 5.75 Å². The lowest BCUT2D eigenvalue weighted by Gasteiger charge is -2.28. The lowest BCUT2D eigenvalue weighted by Crippen LogP contribution is -2.49. The van der Waals surface area contributed by atoms with Gasteiger partial charge in [0, 0.05) is 22.6 Å². The number of rotatable bonds is 7. The molecule has 2 aromatic carbocycles. The van der Waals surface area contributed by atoms with E-state index in [4.69, 9.17) is 4.74 Å². The van der Waals surface area contributed by atoms with Gasteiger partial charge in [0.15, 0.2) is 0 Å². The van der Waals surface area contributed by atoms with Gasteiger partial charge in [-0.15, -0.1) is 11.8 Å². The number of amides is 2. The van der Waals surface area contributed by atoms with E-state index in [1.165, 1.54) is 0 Å². The Morgan fingerprint density at radius 2 is 1.90 bits per heavy atom. The summed E-state index contributed by atoms with van der Waals surface area (Å²) in [5.74, 6) is 0.679. The summed E-state index contributed by atoms with van der Waals surface area (Å²) in [5, 5.41) is 2.99. The number of ether oxygens (including phenoxy) is 1. The van der Waals surface area contributed by atoms with Crippen LogP contribution in [0.3, 0.4) is 0 Å². The lowest BCUT2D eigenvalue weighted by molar-refractivity contribution is -0.126. The molecule has 0 unspecified atom stereocenters. The van der Waals surface area contributed by atoms with Gasteiger partial charge in [-0.05, 0) is 63.9 Å². The summed E-state index contributed by atoms with van der Waals surface area (Å²) in [6.45, 7) is 9.04. The summed E-state index contributed by atoms with van der Waals surface area (Å²) in [6, 6.07) is 15.1. The summed E-state index contributed by atoms with van der Waals surface area (Å²) in [4.78, 5) is 28.6. The summed E-state index contributed by atoms with van der Waals surface area (Å²) in [5.41, 5.74) is 1.94. The van der Waals surface area contributed by atoms with Crippen molar-refractivity contribution in [3.63, 3.8) is 0 Å². The molecule has 6 heteroatoms. The van der Waals surface area contributed by atoms with Gasteiger partial charge in [0.05, 0.1) is 12.3 Å². The average Bonchev–Trinajstić information content (AvgIpc) is 2.80. The zero-order valence-electron chi connectivity index (χ0n) is 18.1. The number of hydrogen-bond donors (Lipinski definition) is 1. The van der Waals surface area contributed by atoms with Gasteiger partial charge in [0.25, 0.3) is 0 Å². The molecule has 0 radical (unpaired) electrons. The Morgan fingerprint density at radius 1 is 1.20 bits per heavy atom. The highest BCUT2D eigenvalue weighted by atomic mass is 32.2. The summed E-state index contributed by atoms with van der Waals surface area (Å²) in [6.07, 6.45) is 1.11. The van der Waals surface area contributed by atoms with Gasteiger partial charge in [-0.1, -0.05) is 24.3 Å². The molecular weight excluding hydrogens is 396 g/mol. The van der Waals surface area contributed by atoms with Gasteiger partial charge in [0.1, 0.15) is 11.8 Å². The Kier molecular flexibility index (Phi) is 7.08. The minimum Gasteiger partial charge on any atom is -0.494 e. The standard InChI is InChI=1S/C24H30N2O3S/c1-5-29-19-12-10-18(11-13-19)14-15-25-23(28)17(2)26-20-8-6-7-9-21(20)30-24(3,4)16-22(26)27/h6-13,17H,5,14-16H2,1-4H3,(H,25,28)/t17-/m1/s1. The minimum absolute atomic E-state index is 0.0217. The number of fused-ring (bicyclic) bond motifs is 1. The van der Waals surface area contributed by atoms with E-state index in [1.807, 2.05) is 55.5 Å². The fraction of sp³-hybridized carbons (Fsp3) is 0.417. The Labute approximate surface area is 183 Å². The van der Waals surface area contributed by atoms with Crippen LogP contribution in [0.15, 0.2) is 53.4 Å². The third-order valence-corrected chi connectivity index (χ3v) is 6.33. The van der Waals surface area contributed by atoms with Gasteiger partial charge in [0.2, 0.25) is 11.8 Å². The van der Waals surface area contributed by atoms with Crippen molar-refractivity contribution in [3.05, 3.63) is 54.1 Å². The Bertz CT molecular complexity index is 896. The Balaban J connectivity index is 1.65. The van der Waals surface area contributed by atoms with Crippen LogP contribution in [0, 0.1) is 0 Å². The van der Waals surface area contributed by atoms with Gasteiger partial charge >= 0.3 is 0 Å². The molecule has 1 aliphatic heterocycles. The quantitative estimate of drug-likeness (QED) is 0.711. The molecule has 0 saturated heterocycles. The van der Waals surface area contributed by atoms with Crippen LogP contribution in [0.2, 0.25) is 0 Å². The Morgan fingerprint density at radius 3 is 2.60 bits per heavy atom. The lowest BCUT2D eigenvalue weighted by atomic mass is 10.1. The molecule has 0 spiro atoms. The summed E-state index contributed by atoms with van der Waals surface area (Å²) >= 11 is 1.69. The van der Waals surface area contributed by atoms with Crippen molar-refractivity contribution in [1.29, 1.82) is 0 Å². The van der Waals surface area contributed by atoms with Crippen molar-refractivity contribution < 1.29 is 14.3 Å². The van der Waals surface area contributed by atoms with E-state index >= 15 is 0 Å². The number of hydrogen-bond acceptors (Lipinski definition) is 4. The molecule has 1 heterocycles. The number of thioether (sulfide) groups is 1. The molecule has 0 saturated carbocycles. The van der Waals surface area contributed by atoms with Crippen molar-refractivity contribution in [2.45, 2.75) is 56.2 Å². The van der Waals surface area contributed by atoms with Crippen LogP contribution in [0.1, 0.15) is 39.7 Å². The molecule has 0 aromatic heterocycles. The molecule has 0 aliphatic carbocycles. The first-order valence-electron chi connectivity index (χ1n) is 10.4. The molecule has 2 aromatic rings. The van der Waals surface area contributed by atoms with Crippen molar-refractivity contribution in [2.75, 3.05) is 18.1 Å². The second-order valence-corrected chi connectivity index (χ2v) is 9.81. The van der Waals surface area contributed by atoms with Crippen LogP contribution in [0.4, 0.5) is 5.69 Å². The fourth-order valence-electron chi connectivity index (χ4n) is 3.60. The number of nitrogens with zero attached hydrogens (tertiary/aromatic N) is 1. The molecule has 0 fully saturated rings. The molecule has 30 heavy (non-hydrogen) atoms. The fourth-order valence-corrected chi connectivity index (χ4v) is 4.81. The van der Waals surface area contributed by atoms with Crippen LogP contribution in [0.25, 0.3) is 0 Å². The third kappa shape index (κ3) is 5.36. The molecule has 0 bridgehead atoms. The minimum atomic E-state index is -0.575. The van der Waals surface area contributed by atoms with Gasteiger partial charge in [-0.3, -0.25) is 14.5 Å². The van der Waals surface area contributed by atoms with Crippen molar-refractivity contribution in [1.82, 2.24) is 5.32 Å². The van der Waals surface area contributed by atoms with E-state index in [1.54, 1.807) is 23.6 Å². The normalized spacial score (nSPS) is 16.4. The highest BCUT2D eigenvalue weighted by molar-refractivity contribution is 8.00. The number of carbonyl (C=O) groups excluding carboxylic acids is 2.